The van der Waals surface area contributed by atoms with Gasteiger partial charge in [-0.2, -0.15) is 0 Å². The van der Waals surface area contributed by atoms with Crippen LogP contribution in [0.4, 0.5) is 0 Å². The second-order valence-electron chi connectivity index (χ2n) is 2.79. The van der Waals surface area contributed by atoms with Crippen LogP contribution in [0.15, 0.2) is 18.6 Å². The van der Waals surface area contributed by atoms with Gasteiger partial charge in [-0.1, -0.05) is 11.6 Å². The minimum atomic E-state index is 0.431. The molecule has 0 amide bonds. The molecule has 66 valence electrons. The molecule has 0 fully saturated rings. The maximum Gasteiger partial charge on any atom is 0.170 e. The first-order chi connectivity index (χ1) is 6.24. The van der Waals surface area contributed by atoms with Crippen LogP contribution in [-0.4, -0.2) is 15.7 Å². The molecule has 0 saturated carbocycles. The summed E-state index contributed by atoms with van der Waals surface area (Å²) in [6, 6.07) is 1.78. The van der Waals surface area contributed by atoms with Gasteiger partial charge in [-0.05, 0) is 18.6 Å². The summed E-state index contributed by atoms with van der Waals surface area (Å²) in [5.41, 5.74) is 2.09. The smallest absolute Gasteiger partial charge is 0.170 e. The van der Waals surface area contributed by atoms with Crippen LogP contribution in [0, 0.1) is 6.92 Å². The highest BCUT2D eigenvalue weighted by atomic mass is 35.5. The Morgan fingerprint density at radius 2 is 2.38 bits per heavy atom. The van der Waals surface area contributed by atoms with Gasteiger partial charge < -0.3 is 4.40 Å². The highest BCUT2D eigenvalue weighted by Crippen LogP contribution is 2.21. The van der Waals surface area contributed by atoms with Gasteiger partial charge >= 0.3 is 0 Å². The fourth-order valence-corrected chi connectivity index (χ4v) is 1.49. The van der Waals surface area contributed by atoms with Crippen LogP contribution in [0.5, 0.6) is 0 Å². The summed E-state index contributed by atoms with van der Waals surface area (Å²) in [7, 11) is 0. The van der Waals surface area contributed by atoms with Gasteiger partial charge in [0.05, 0.1) is 5.52 Å². The number of hydrogen-bond acceptors (Lipinski definition) is 2. The van der Waals surface area contributed by atoms with Crippen molar-refractivity contribution in [2.45, 2.75) is 6.92 Å². The van der Waals surface area contributed by atoms with E-state index in [1.54, 1.807) is 23.0 Å². The van der Waals surface area contributed by atoms with Crippen molar-refractivity contribution in [1.82, 2.24) is 9.38 Å². The Hall–Kier alpha value is -1.35. The number of nitrogens with zero attached hydrogens (tertiary/aromatic N) is 2. The second kappa shape index (κ2) is 2.85. The molecule has 2 rings (SSSR count). The predicted octanol–water partition coefficient (Wildman–Crippen LogP) is 2.11. The number of carbonyl (C=O) groups excluding carboxylic acids is 1. The van der Waals surface area contributed by atoms with Gasteiger partial charge in [0.15, 0.2) is 6.29 Å². The molecule has 2 aromatic heterocycles. The van der Waals surface area contributed by atoms with Crippen molar-refractivity contribution in [3.05, 3.63) is 34.9 Å². The number of rotatable bonds is 1. The number of aldehydes is 1. The number of carbonyl (C=O) groups is 1. The predicted molar refractivity (Wildman–Crippen MR) is 50.3 cm³/mol. The van der Waals surface area contributed by atoms with E-state index >= 15 is 0 Å². The maximum atomic E-state index is 10.6. The van der Waals surface area contributed by atoms with Crippen molar-refractivity contribution in [1.29, 1.82) is 0 Å². The molecule has 0 spiro atoms. The number of aromatic nitrogens is 2. The average Bonchev–Trinajstić information content (AvgIpc) is 2.55. The molecule has 0 aromatic carbocycles. The van der Waals surface area contributed by atoms with Gasteiger partial charge in [-0.3, -0.25) is 4.79 Å². The Bertz CT molecular complexity index is 476. The molecule has 0 atom stereocenters. The summed E-state index contributed by atoms with van der Waals surface area (Å²) in [5.74, 6) is 0. The lowest BCUT2D eigenvalue weighted by Crippen LogP contribution is -1.89. The molecular weight excluding hydrogens is 188 g/mol. The first-order valence-electron chi connectivity index (χ1n) is 3.81. The molecule has 2 heterocycles. The lowest BCUT2D eigenvalue weighted by atomic mass is 10.2. The van der Waals surface area contributed by atoms with Crippen molar-refractivity contribution in [3.63, 3.8) is 0 Å². The van der Waals surface area contributed by atoms with Crippen molar-refractivity contribution >= 4 is 23.4 Å². The molecular formula is C9H7ClN2O. The van der Waals surface area contributed by atoms with Gasteiger partial charge in [-0.15, -0.1) is 0 Å². The fraction of sp³-hybridized carbons (Fsp3) is 0.111. The van der Waals surface area contributed by atoms with E-state index in [0.717, 1.165) is 17.4 Å². The third kappa shape index (κ3) is 1.12. The van der Waals surface area contributed by atoms with Crippen molar-refractivity contribution in [2.75, 3.05) is 0 Å². The van der Waals surface area contributed by atoms with Gasteiger partial charge in [0, 0.05) is 11.2 Å². The summed E-state index contributed by atoms with van der Waals surface area (Å²) in [5, 5.41) is 0.649. The van der Waals surface area contributed by atoms with E-state index in [1.165, 1.54) is 0 Å². The van der Waals surface area contributed by atoms with Crippen LogP contribution in [0.2, 0.25) is 5.02 Å². The Morgan fingerprint density at radius 3 is 3.08 bits per heavy atom. The molecule has 4 heteroatoms. The summed E-state index contributed by atoms with van der Waals surface area (Å²) in [4.78, 5) is 14.6. The average molecular weight is 195 g/mol. The lowest BCUT2D eigenvalue weighted by molar-refractivity contribution is 0.112. The highest BCUT2D eigenvalue weighted by Gasteiger charge is 2.07. The van der Waals surface area contributed by atoms with E-state index in [9.17, 15) is 4.79 Å². The Labute approximate surface area is 80.0 Å². The van der Waals surface area contributed by atoms with Crippen molar-refractivity contribution in [3.8, 4) is 0 Å². The zero-order chi connectivity index (χ0) is 9.42. The zero-order valence-electron chi connectivity index (χ0n) is 6.99. The number of hydrogen-bond donors (Lipinski definition) is 0. The van der Waals surface area contributed by atoms with Gasteiger partial charge in [-0.25, -0.2) is 4.98 Å². The van der Waals surface area contributed by atoms with Crippen LogP contribution in [0.1, 0.15) is 16.1 Å². The van der Waals surface area contributed by atoms with Crippen LogP contribution >= 0.6 is 11.6 Å². The Balaban J connectivity index is 2.93. The largest absolute Gasteiger partial charge is 0.305 e. The lowest BCUT2D eigenvalue weighted by Gasteiger charge is -2.00. The molecule has 0 radical (unpaired) electrons. The molecule has 0 saturated heterocycles. The van der Waals surface area contributed by atoms with E-state index in [-0.39, 0.29) is 0 Å². The monoisotopic (exact) mass is 194 g/mol. The van der Waals surface area contributed by atoms with Crippen LogP contribution in [0.25, 0.3) is 5.52 Å². The number of pyridine rings is 1. The van der Waals surface area contributed by atoms with Crippen LogP contribution in [-0.2, 0) is 0 Å². The molecule has 0 aliphatic rings. The maximum absolute atomic E-state index is 10.6. The first kappa shape index (κ1) is 8.26. The Morgan fingerprint density at radius 1 is 1.62 bits per heavy atom. The molecule has 0 bridgehead atoms. The molecule has 13 heavy (non-hydrogen) atoms. The molecule has 0 unspecified atom stereocenters. The summed E-state index contributed by atoms with van der Waals surface area (Å²) in [6.45, 7) is 1.87. The molecule has 0 N–H and O–H groups in total. The summed E-state index contributed by atoms with van der Waals surface area (Å²) in [6.07, 6.45) is 4.12. The van der Waals surface area contributed by atoms with Crippen molar-refractivity contribution in [2.24, 2.45) is 0 Å². The standard InChI is InChI=1S/C9H7ClN2O/c1-6-7(10)2-3-12-5-11-8(4-13)9(6)12/h2-5H,1H3. The summed E-state index contributed by atoms with van der Waals surface area (Å²) < 4.78 is 1.78. The van der Waals surface area contributed by atoms with E-state index in [0.29, 0.717) is 10.7 Å². The van der Waals surface area contributed by atoms with Crippen LogP contribution < -0.4 is 0 Å². The Kier molecular flexibility index (Phi) is 1.81. The number of imidazole rings is 1. The van der Waals surface area contributed by atoms with Gasteiger partial charge in [0.25, 0.3) is 0 Å². The number of fused-ring (bicyclic) bond motifs is 1. The highest BCUT2D eigenvalue weighted by molar-refractivity contribution is 6.31. The van der Waals surface area contributed by atoms with Crippen molar-refractivity contribution < 1.29 is 4.79 Å². The minimum Gasteiger partial charge on any atom is -0.305 e. The first-order valence-corrected chi connectivity index (χ1v) is 4.19. The van der Waals surface area contributed by atoms with E-state index in [4.69, 9.17) is 11.6 Å². The molecule has 0 aliphatic carbocycles. The SMILES string of the molecule is Cc1c(Cl)ccn2cnc(C=O)c12. The van der Waals surface area contributed by atoms with E-state index < -0.39 is 0 Å². The minimum absolute atomic E-state index is 0.431. The number of aryl methyl sites for hydroxylation is 1. The topological polar surface area (TPSA) is 34.4 Å². The van der Waals surface area contributed by atoms with E-state index in [1.807, 2.05) is 6.92 Å². The van der Waals surface area contributed by atoms with Gasteiger partial charge in [0.1, 0.15) is 12.0 Å². The quantitative estimate of drug-likeness (QED) is 0.652. The second-order valence-corrected chi connectivity index (χ2v) is 3.20. The fourth-order valence-electron chi connectivity index (χ4n) is 1.34. The summed E-state index contributed by atoms with van der Waals surface area (Å²) >= 11 is 5.92. The zero-order valence-corrected chi connectivity index (χ0v) is 7.75. The third-order valence-electron chi connectivity index (χ3n) is 2.03. The third-order valence-corrected chi connectivity index (χ3v) is 2.44. The van der Waals surface area contributed by atoms with Gasteiger partial charge in [0.2, 0.25) is 0 Å². The molecule has 0 aliphatic heterocycles. The number of halogens is 1. The normalized spacial score (nSPS) is 10.6. The molecule has 2 aromatic rings. The van der Waals surface area contributed by atoms with Crippen LogP contribution in [0.3, 0.4) is 0 Å². The van der Waals surface area contributed by atoms with E-state index in [2.05, 4.69) is 4.98 Å². The molecule has 3 nitrogen and oxygen atoms in total.